The highest BCUT2D eigenvalue weighted by atomic mass is 32.1. The molecule has 1 aromatic rings. The van der Waals surface area contributed by atoms with Gasteiger partial charge in [0.2, 0.25) is 0 Å². The van der Waals surface area contributed by atoms with Gasteiger partial charge in [0, 0.05) is 17.7 Å². The Morgan fingerprint density at radius 1 is 1.50 bits per heavy atom. The zero-order chi connectivity index (χ0) is 13.2. The van der Waals surface area contributed by atoms with Crippen LogP contribution in [0.2, 0.25) is 0 Å². The van der Waals surface area contributed by atoms with Crippen molar-refractivity contribution < 1.29 is 17.9 Å². The number of hydrazine groups is 1. The number of thiazole rings is 1. The van der Waals surface area contributed by atoms with E-state index in [1.54, 1.807) is 0 Å². The first-order valence-corrected chi connectivity index (χ1v) is 6.44. The van der Waals surface area contributed by atoms with Crippen molar-refractivity contribution in [3.8, 4) is 0 Å². The van der Waals surface area contributed by atoms with E-state index in [1.165, 1.54) is 6.20 Å². The number of ether oxygens (including phenoxy) is 1. The second-order valence-corrected chi connectivity index (χ2v) is 5.18. The van der Waals surface area contributed by atoms with Crippen LogP contribution in [0.3, 0.4) is 0 Å². The Morgan fingerprint density at radius 3 is 2.78 bits per heavy atom. The lowest BCUT2D eigenvalue weighted by atomic mass is 10.0. The van der Waals surface area contributed by atoms with Gasteiger partial charge in [-0.2, -0.15) is 13.2 Å². The summed E-state index contributed by atoms with van der Waals surface area (Å²) >= 11 is 0.608. The molecule has 0 spiro atoms. The van der Waals surface area contributed by atoms with E-state index >= 15 is 0 Å². The molecule has 0 saturated carbocycles. The number of nitrogens with two attached hydrogens (primary N) is 1. The van der Waals surface area contributed by atoms with Crippen molar-refractivity contribution in [2.45, 2.75) is 37.6 Å². The van der Waals surface area contributed by atoms with Gasteiger partial charge in [-0.25, -0.2) is 10.4 Å². The van der Waals surface area contributed by atoms with Gasteiger partial charge in [-0.1, -0.05) is 0 Å². The first-order valence-electron chi connectivity index (χ1n) is 5.63. The molecule has 2 heterocycles. The number of nitrogens with one attached hydrogen (secondary N) is 1. The monoisotopic (exact) mass is 281 g/mol. The Balaban J connectivity index is 2.14. The van der Waals surface area contributed by atoms with Crippen molar-refractivity contribution in [2.24, 2.45) is 5.84 Å². The highest BCUT2D eigenvalue weighted by molar-refractivity contribution is 7.11. The Morgan fingerprint density at radius 2 is 2.28 bits per heavy atom. The second kappa shape index (κ2) is 5.52. The quantitative estimate of drug-likeness (QED) is 0.659. The predicted molar refractivity (Wildman–Crippen MR) is 60.8 cm³/mol. The van der Waals surface area contributed by atoms with Crippen molar-refractivity contribution >= 4 is 11.3 Å². The molecule has 1 aliphatic heterocycles. The summed E-state index contributed by atoms with van der Waals surface area (Å²) in [4.78, 5) is 3.85. The Bertz CT molecular complexity index is 390. The molecule has 18 heavy (non-hydrogen) atoms. The third kappa shape index (κ3) is 3.00. The number of hydrogen-bond donors (Lipinski definition) is 2. The molecule has 2 unspecified atom stereocenters. The molecule has 3 N–H and O–H groups in total. The fourth-order valence-electron chi connectivity index (χ4n) is 1.96. The summed E-state index contributed by atoms with van der Waals surface area (Å²) in [6, 6.07) is -0.432. The van der Waals surface area contributed by atoms with Gasteiger partial charge in [-0.15, -0.1) is 11.3 Å². The lowest BCUT2D eigenvalue weighted by Gasteiger charge is -2.29. The molecule has 102 valence electrons. The lowest BCUT2D eigenvalue weighted by Crippen LogP contribution is -2.39. The summed E-state index contributed by atoms with van der Waals surface area (Å²) in [7, 11) is 0. The molecule has 8 heteroatoms. The van der Waals surface area contributed by atoms with Gasteiger partial charge >= 0.3 is 6.18 Å². The summed E-state index contributed by atoms with van der Waals surface area (Å²) in [5.41, 5.74) is 2.53. The van der Waals surface area contributed by atoms with Crippen LogP contribution in [0.5, 0.6) is 0 Å². The average Bonchev–Trinajstić information content (AvgIpc) is 2.81. The van der Waals surface area contributed by atoms with Crippen LogP contribution in [0.4, 0.5) is 13.2 Å². The van der Waals surface area contributed by atoms with Crippen molar-refractivity contribution in [1.82, 2.24) is 10.4 Å². The normalized spacial score (nSPS) is 23.0. The van der Waals surface area contributed by atoms with E-state index in [0.29, 0.717) is 22.8 Å². The van der Waals surface area contributed by atoms with E-state index in [9.17, 15) is 13.2 Å². The van der Waals surface area contributed by atoms with Crippen LogP contribution >= 0.6 is 11.3 Å². The van der Waals surface area contributed by atoms with Crippen LogP contribution in [0.15, 0.2) is 6.20 Å². The smallest absolute Gasteiger partial charge is 0.376 e. The van der Waals surface area contributed by atoms with Gasteiger partial charge in [-0.3, -0.25) is 5.84 Å². The summed E-state index contributed by atoms with van der Waals surface area (Å²) in [6.45, 7) is 0.619. The highest BCUT2D eigenvalue weighted by Crippen LogP contribution is 2.36. The SMILES string of the molecule is NNC(c1cnc(C(F)(F)F)s1)C1CCCCO1. The standard InChI is InChI=1S/C10H14F3N3OS/c11-10(12,13)9-15-5-7(18-9)8(16-14)6-3-1-2-4-17-6/h5-6,8,16H,1-4,14H2. The number of alkyl halides is 3. The van der Waals surface area contributed by atoms with Gasteiger partial charge in [-0.05, 0) is 19.3 Å². The Kier molecular flexibility index (Phi) is 4.21. The summed E-state index contributed by atoms with van der Waals surface area (Å²) in [5, 5.41) is -0.853. The number of hydrogen-bond acceptors (Lipinski definition) is 5. The Hall–Kier alpha value is -0.700. The highest BCUT2D eigenvalue weighted by Gasteiger charge is 2.36. The van der Waals surface area contributed by atoms with Crippen LogP contribution in [0.25, 0.3) is 0 Å². The fraction of sp³-hybridized carbons (Fsp3) is 0.700. The number of halogens is 3. The van der Waals surface area contributed by atoms with Crippen LogP contribution in [0.1, 0.15) is 35.2 Å². The summed E-state index contributed by atoms with van der Waals surface area (Å²) in [5.74, 6) is 5.42. The van der Waals surface area contributed by atoms with Crippen molar-refractivity contribution in [3.63, 3.8) is 0 Å². The zero-order valence-corrected chi connectivity index (χ0v) is 10.4. The van der Waals surface area contributed by atoms with Gasteiger partial charge in [0.05, 0.1) is 12.1 Å². The van der Waals surface area contributed by atoms with Crippen molar-refractivity contribution in [1.29, 1.82) is 0 Å². The van der Waals surface area contributed by atoms with E-state index in [0.717, 1.165) is 19.3 Å². The molecule has 0 radical (unpaired) electrons. The molecule has 2 atom stereocenters. The van der Waals surface area contributed by atoms with Gasteiger partial charge in [0.15, 0.2) is 5.01 Å². The number of nitrogens with zero attached hydrogens (tertiary/aromatic N) is 1. The predicted octanol–water partition coefficient (Wildman–Crippen LogP) is 2.24. The number of rotatable bonds is 3. The summed E-state index contributed by atoms with van der Waals surface area (Å²) < 4.78 is 43.0. The molecule has 4 nitrogen and oxygen atoms in total. The van der Waals surface area contributed by atoms with Crippen LogP contribution < -0.4 is 11.3 Å². The first kappa shape index (κ1) is 13.7. The number of aromatic nitrogens is 1. The average molecular weight is 281 g/mol. The zero-order valence-electron chi connectivity index (χ0n) is 9.54. The van der Waals surface area contributed by atoms with E-state index in [4.69, 9.17) is 10.6 Å². The molecule has 2 rings (SSSR count). The maximum atomic E-state index is 12.5. The second-order valence-electron chi connectivity index (χ2n) is 4.11. The van der Waals surface area contributed by atoms with Crippen molar-refractivity contribution in [3.05, 3.63) is 16.1 Å². The van der Waals surface area contributed by atoms with Crippen LogP contribution in [0, 0.1) is 0 Å². The van der Waals surface area contributed by atoms with E-state index in [1.807, 2.05) is 0 Å². The van der Waals surface area contributed by atoms with Crippen LogP contribution in [-0.2, 0) is 10.9 Å². The molecule has 1 fully saturated rings. The summed E-state index contributed by atoms with van der Waals surface area (Å²) in [6.07, 6.45) is -0.622. The molecule has 0 aromatic carbocycles. The maximum Gasteiger partial charge on any atom is 0.443 e. The minimum atomic E-state index is -4.41. The topological polar surface area (TPSA) is 60.2 Å². The van der Waals surface area contributed by atoms with Gasteiger partial charge < -0.3 is 4.74 Å². The fourth-order valence-corrected chi connectivity index (χ4v) is 2.86. The molecule has 1 aliphatic rings. The minimum absolute atomic E-state index is 0.190. The van der Waals surface area contributed by atoms with Crippen LogP contribution in [-0.4, -0.2) is 17.7 Å². The van der Waals surface area contributed by atoms with Gasteiger partial charge in [0.1, 0.15) is 0 Å². The van der Waals surface area contributed by atoms with E-state index in [-0.39, 0.29) is 6.10 Å². The molecular weight excluding hydrogens is 267 g/mol. The molecule has 1 aromatic heterocycles. The van der Waals surface area contributed by atoms with E-state index < -0.39 is 17.2 Å². The largest absolute Gasteiger partial charge is 0.443 e. The third-order valence-electron chi connectivity index (χ3n) is 2.84. The molecule has 0 bridgehead atoms. The van der Waals surface area contributed by atoms with Crippen molar-refractivity contribution in [2.75, 3.05) is 6.61 Å². The lowest BCUT2D eigenvalue weighted by molar-refractivity contribution is -0.137. The molecule has 0 aliphatic carbocycles. The minimum Gasteiger partial charge on any atom is -0.376 e. The molecule has 1 saturated heterocycles. The first-order chi connectivity index (χ1) is 8.52. The van der Waals surface area contributed by atoms with E-state index in [2.05, 4.69) is 10.4 Å². The van der Waals surface area contributed by atoms with Gasteiger partial charge in [0.25, 0.3) is 0 Å². The molecule has 0 amide bonds. The maximum absolute atomic E-state index is 12.5. The third-order valence-corrected chi connectivity index (χ3v) is 3.96. The Labute approximate surface area is 106 Å². The molecular formula is C10H14F3N3OS.